The lowest BCUT2D eigenvalue weighted by atomic mass is 10.1. The number of aromatic carboxylic acids is 1. The summed E-state index contributed by atoms with van der Waals surface area (Å²) in [5.74, 6) is -0.995. The topological polar surface area (TPSA) is 82.9 Å². The van der Waals surface area contributed by atoms with Gasteiger partial charge in [-0.1, -0.05) is 0 Å². The van der Waals surface area contributed by atoms with Crippen molar-refractivity contribution < 1.29 is 19.7 Å². The molecule has 6 heteroatoms. The number of aromatic nitrogens is 1. The van der Waals surface area contributed by atoms with Gasteiger partial charge in [-0.3, -0.25) is 4.98 Å². The molecule has 1 atom stereocenters. The summed E-state index contributed by atoms with van der Waals surface area (Å²) < 4.78 is 5.26. The van der Waals surface area contributed by atoms with E-state index in [1.807, 2.05) is 4.90 Å². The van der Waals surface area contributed by atoms with Gasteiger partial charge in [0.1, 0.15) is 0 Å². The minimum absolute atomic E-state index is 0.0754. The largest absolute Gasteiger partial charge is 0.478 e. The van der Waals surface area contributed by atoms with Crippen LogP contribution in [-0.2, 0) is 4.74 Å². The van der Waals surface area contributed by atoms with Crippen LogP contribution in [0.25, 0.3) is 0 Å². The molecule has 1 aliphatic heterocycles. The molecule has 1 aromatic heterocycles. The minimum atomic E-state index is -0.995. The van der Waals surface area contributed by atoms with Crippen molar-refractivity contribution in [2.24, 2.45) is 0 Å². The summed E-state index contributed by atoms with van der Waals surface area (Å²) in [7, 11) is 0. The Morgan fingerprint density at radius 3 is 3.18 bits per heavy atom. The lowest BCUT2D eigenvalue weighted by Crippen LogP contribution is -2.48. The van der Waals surface area contributed by atoms with Crippen molar-refractivity contribution >= 4 is 11.7 Å². The van der Waals surface area contributed by atoms with Gasteiger partial charge in [0.25, 0.3) is 0 Å². The molecule has 1 unspecified atom stereocenters. The van der Waals surface area contributed by atoms with Crippen LogP contribution in [0.3, 0.4) is 0 Å². The van der Waals surface area contributed by atoms with E-state index in [-0.39, 0.29) is 18.2 Å². The molecule has 0 bridgehead atoms. The summed E-state index contributed by atoms with van der Waals surface area (Å²) in [6, 6.07) is 1.24. The zero-order valence-corrected chi connectivity index (χ0v) is 9.24. The predicted molar refractivity (Wildman–Crippen MR) is 60.2 cm³/mol. The van der Waals surface area contributed by atoms with Gasteiger partial charge in [0, 0.05) is 12.7 Å². The lowest BCUT2D eigenvalue weighted by molar-refractivity contribution is 0.0676. The van der Waals surface area contributed by atoms with Crippen LogP contribution in [0.1, 0.15) is 10.4 Å². The number of pyridine rings is 1. The Morgan fingerprint density at radius 2 is 2.47 bits per heavy atom. The number of carbonyl (C=O) groups is 1. The highest BCUT2D eigenvalue weighted by Gasteiger charge is 2.26. The second-order valence-corrected chi connectivity index (χ2v) is 3.80. The first-order chi connectivity index (χ1) is 8.24. The first-order valence-electron chi connectivity index (χ1n) is 5.36. The number of nitrogens with zero attached hydrogens (tertiary/aromatic N) is 2. The second kappa shape index (κ2) is 5.11. The average Bonchev–Trinajstić information content (AvgIpc) is 2.38. The van der Waals surface area contributed by atoms with E-state index in [0.29, 0.717) is 25.4 Å². The minimum Gasteiger partial charge on any atom is -0.478 e. The van der Waals surface area contributed by atoms with Gasteiger partial charge in [0.15, 0.2) is 0 Å². The summed E-state index contributed by atoms with van der Waals surface area (Å²) in [6.07, 6.45) is 2.96. The predicted octanol–water partition coefficient (Wildman–Crippen LogP) is -0.0227. The number of anilines is 1. The standard InChI is InChI=1S/C11H14N2O4/c14-6-8-7-17-4-3-13(8)10-5-12-2-1-9(10)11(15)16/h1-2,5,8,14H,3-4,6-7H2,(H,15,16). The van der Waals surface area contributed by atoms with Gasteiger partial charge < -0.3 is 19.8 Å². The van der Waals surface area contributed by atoms with E-state index in [2.05, 4.69) is 4.98 Å². The molecule has 0 aliphatic carbocycles. The smallest absolute Gasteiger partial charge is 0.337 e. The van der Waals surface area contributed by atoms with Gasteiger partial charge in [-0.2, -0.15) is 0 Å². The SMILES string of the molecule is O=C(O)c1ccncc1N1CCOCC1CO. The Hall–Kier alpha value is -1.66. The summed E-state index contributed by atoms with van der Waals surface area (Å²) in [4.78, 5) is 16.9. The van der Waals surface area contributed by atoms with Crippen molar-refractivity contribution in [2.75, 3.05) is 31.3 Å². The molecule has 0 saturated carbocycles. The molecular weight excluding hydrogens is 224 g/mol. The van der Waals surface area contributed by atoms with Crippen molar-refractivity contribution in [1.82, 2.24) is 4.98 Å². The van der Waals surface area contributed by atoms with Crippen LogP contribution in [0, 0.1) is 0 Å². The number of morpholine rings is 1. The van der Waals surface area contributed by atoms with E-state index in [1.54, 1.807) is 0 Å². The number of hydrogen-bond acceptors (Lipinski definition) is 5. The quantitative estimate of drug-likeness (QED) is 0.770. The first-order valence-corrected chi connectivity index (χ1v) is 5.36. The van der Waals surface area contributed by atoms with Crippen LogP contribution in [0.5, 0.6) is 0 Å². The fourth-order valence-electron chi connectivity index (χ4n) is 1.92. The number of carboxylic acid groups (broad SMARTS) is 1. The normalized spacial score (nSPS) is 20.3. The van der Waals surface area contributed by atoms with Crippen molar-refractivity contribution in [1.29, 1.82) is 0 Å². The van der Waals surface area contributed by atoms with Crippen LogP contribution in [0.15, 0.2) is 18.5 Å². The molecule has 1 saturated heterocycles. The number of rotatable bonds is 3. The van der Waals surface area contributed by atoms with Gasteiger partial charge in [-0.25, -0.2) is 4.79 Å². The van der Waals surface area contributed by atoms with E-state index >= 15 is 0 Å². The molecule has 0 aromatic carbocycles. The average molecular weight is 238 g/mol. The highest BCUT2D eigenvalue weighted by molar-refractivity contribution is 5.94. The first kappa shape index (κ1) is 11.8. The number of ether oxygens (including phenoxy) is 1. The van der Waals surface area contributed by atoms with Crippen LogP contribution < -0.4 is 4.90 Å². The van der Waals surface area contributed by atoms with E-state index in [4.69, 9.17) is 9.84 Å². The Labute approximate surface area is 98.5 Å². The molecule has 0 radical (unpaired) electrons. The van der Waals surface area contributed by atoms with E-state index < -0.39 is 5.97 Å². The maximum atomic E-state index is 11.1. The second-order valence-electron chi connectivity index (χ2n) is 3.80. The maximum Gasteiger partial charge on any atom is 0.337 e. The zero-order valence-electron chi connectivity index (χ0n) is 9.24. The monoisotopic (exact) mass is 238 g/mol. The molecule has 1 aromatic rings. The fourth-order valence-corrected chi connectivity index (χ4v) is 1.92. The van der Waals surface area contributed by atoms with Crippen LogP contribution in [0.2, 0.25) is 0 Å². The highest BCUT2D eigenvalue weighted by atomic mass is 16.5. The van der Waals surface area contributed by atoms with Gasteiger partial charge in [-0.05, 0) is 6.07 Å². The molecular formula is C11H14N2O4. The summed E-state index contributed by atoms with van der Waals surface area (Å²) in [5, 5.41) is 18.4. The van der Waals surface area contributed by atoms with Gasteiger partial charge >= 0.3 is 5.97 Å². The van der Waals surface area contributed by atoms with E-state index in [1.165, 1.54) is 18.5 Å². The van der Waals surface area contributed by atoms with Crippen molar-refractivity contribution in [3.8, 4) is 0 Å². The Balaban J connectivity index is 2.34. The molecule has 1 fully saturated rings. The third kappa shape index (κ3) is 2.37. The molecule has 92 valence electrons. The van der Waals surface area contributed by atoms with Crippen molar-refractivity contribution in [2.45, 2.75) is 6.04 Å². The fraction of sp³-hybridized carbons (Fsp3) is 0.455. The van der Waals surface area contributed by atoms with Crippen LogP contribution in [0.4, 0.5) is 5.69 Å². The number of carboxylic acids is 1. The molecule has 6 nitrogen and oxygen atoms in total. The number of aliphatic hydroxyl groups is 1. The molecule has 17 heavy (non-hydrogen) atoms. The Bertz CT molecular complexity index is 410. The summed E-state index contributed by atoms with van der Waals surface area (Å²) in [5.41, 5.74) is 0.725. The number of hydrogen-bond donors (Lipinski definition) is 2. The van der Waals surface area contributed by atoms with Crippen molar-refractivity contribution in [3.05, 3.63) is 24.0 Å². The van der Waals surface area contributed by atoms with Crippen LogP contribution >= 0.6 is 0 Å². The summed E-state index contributed by atoms with van der Waals surface area (Å²) >= 11 is 0. The van der Waals surface area contributed by atoms with Gasteiger partial charge in [0.2, 0.25) is 0 Å². The van der Waals surface area contributed by atoms with Gasteiger partial charge in [-0.15, -0.1) is 0 Å². The molecule has 2 N–H and O–H groups in total. The lowest BCUT2D eigenvalue weighted by Gasteiger charge is -2.36. The zero-order chi connectivity index (χ0) is 12.3. The third-order valence-electron chi connectivity index (χ3n) is 2.78. The molecule has 0 spiro atoms. The third-order valence-corrected chi connectivity index (χ3v) is 2.78. The van der Waals surface area contributed by atoms with Crippen molar-refractivity contribution in [3.63, 3.8) is 0 Å². The molecule has 2 rings (SSSR count). The highest BCUT2D eigenvalue weighted by Crippen LogP contribution is 2.23. The molecule has 0 amide bonds. The van der Waals surface area contributed by atoms with E-state index in [0.717, 1.165) is 0 Å². The summed E-state index contributed by atoms with van der Waals surface area (Å²) in [6.45, 7) is 1.39. The van der Waals surface area contributed by atoms with Gasteiger partial charge in [0.05, 0.1) is 43.3 Å². The number of aliphatic hydroxyl groups excluding tert-OH is 1. The maximum absolute atomic E-state index is 11.1. The van der Waals surface area contributed by atoms with Crippen LogP contribution in [-0.4, -0.2) is 53.6 Å². The molecule has 2 heterocycles. The van der Waals surface area contributed by atoms with E-state index in [9.17, 15) is 9.90 Å². The molecule has 1 aliphatic rings. The Kier molecular flexibility index (Phi) is 3.55. The Morgan fingerprint density at radius 1 is 1.65 bits per heavy atom.